The molecule has 1 saturated heterocycles. The summed E-state index contributed by atoms with van der Waals surface area (Å²) < 4.78 is 0. The van der Waals surface area contributed by atoms with Crippen molar-refractivity contribution in [3.05, 3.63) is 0 Å². The molecule has 1 N–H and O–H groups in total. The van der Waals surface area contributed by atoms with E-state index in [0.717, 1.165) is 17.9 Å². The Morgan fingerprint density at radius 3 is 2.18 bits per heavy atom. The first kappa shape index (κ1) is 12.1. The molecule has 1 nitrogen and oxygen atoms in total. The fourth-order valence-electron chi connectivity index (χ4n) is 1.74. The van der Waals surface area contributed by atoms with Crippen LogP contribution in [-0.4, -0.2) is 12.6 Å². The third-order valence-electron chi connectivity index (χ3n) is 2.45. The molecule has 11 heavy (non-hydrogen) atoms. The maximum atomic E-state index is 3.47. The second-order valence-corrected chi connectivity index (χ2v) is 3.30. The van der Waals surface area contributed by atoms with E-state index in [2.05, 4.69) is 12.2 Å². The van der Waals surface area contributed by atoms with Crippen LogP contribution < -0.4 is 5.32 Å². The summed E-state index contributed by atoms with van der Waals surface area (Å²) in [5, 5.41) is 3.47. The minimum Gasteiger partial charge on any atom is -0.314 e. The molecule has 2 heteroatoms. The first-order valence-electron chi connectivity index (χ1n) is 4.59. The van der Waals surface area contributed by atoms with Crippen LogP contribution in [0, 0.1) is 11.8 Å². The third kappa shape index (κ3) is 3.52. The monoisotopic (exact) mass is 230 g/mol. The first-order chi connectivity index (χ1) is 4.86. The van der Waals surface area contributed by atoms with Crippen molar-refractivity contribution in [2.75, 3.05) is 6.54 Å². The maximum Gasteiger partial charge on any atom is 0.00415 e. The molecule has 0 bridgehead atoms. The summed E-state index contributed by atoms with van der Waals surface area (Å²) in [4.78, 5) is 0. The minimum absolute atomic E-state index is 0. The molecule has 1 aliphatic heterocycles. The number of nitrogens with one attached hydrogen (secondary N) is 1. The van der Waals surface area contributed by atoms with E-state index in [1.165, 1.54) is 19.4 Å². The van der Waals surface area contributed by atoms with Gasteiger partial charge < -0.3 is 5.32 Å². The Labute approximate surface area is 95.6 Å². The molecule has 0 aromatic carbocycles. The Balaban J connectivity index is 0.000000311. The minimum atomic E-state index is 0. The standard InChI is InChI=1S/C7H13N.C2H6.Y/c1-5-2-6-3-7(6)4-8-5;1-2;/h5-8H,2-4H2,1H3;1-2H3;. The van der Waals surface area contributed by atoms with Crippen LogP contribution in [-0.2, 0) is 32.7 Å². The van der Waals surface area contributed by atoms with Crippen molar-refractivity contribution in [1.29, 1.82) is 0 Å². The largest absolute Gasteiger partial charge is 0.314 e. The van der Waals surface area contributed by atoms with Gasteiger partial charge in [0.05, 0.1) is 0 Å². The summed E-state index contributed by atoms with van der Waals surface area (Å²) in [7, 11) is 0. The van der Waals surface area contributed by atoms with E-state index in [4.69, 9.17) is 0 Å². The Kier molecular flexibility index (Phi) is 6.21. The predicted octanol–water partition coefficient (Wildman–Crippen LogP) is 2.03. The van der Waals surface area contributed by atoms with Crippen LogP contribution in [0.3, 0.4) is 0 Å². The fourth-order valence-corrected chi connectivity index (χ4v) is 1.74. The van der Waals surface area contributed by atoms with Gasteiger partial charge in [-0.2, -0.15) is 0 Å². The second kappa shape index (κ2) is 5.67. The normalized spacial score (nSPS) is 39.0. The Hall–Kier alpha value is 1.06. The zero-order chi connectivity index (χ0) is 7.56. The molecule has 2 rings (SSSR count). The van der Waals surface area contributed by atoms with E-state index in [1.807, 2.05) is 13.8 Å². The number of rotatable bonds is 0. The Morgan fingerprint density at radius 2 is 1.73 bits per heavy atom. The van der Waals surface area contributed by atoms with Gasteiger partial charge >= 0.3 is 0 Å². The van der Waals surface area contributed by atoms with Gasteiger partial charge in [0.15, 0.2) is 0 Å². The van der Waals surface area contributed by atoms with Crippen LogP contribution in [0.5, 0.6) is 0 Å². The van der Waals surface area contributed by atoms with Crippen molar-refractivity contribution in [2.24, 2.45) is 11.8 Å². The van der Waals surface area contributed by atoms with Gasteiger partial charge in [0.25, 0.3) is 0 Å². The molecule has 0 spiro atoms. The van der Waals surface area contributed by atoms with Gasteiger partial charge in [-0.15, -0.1) is 0 Å². The molecule has 0 amide bonds. The third-order valence-corrected chi connectivity index (χ3v) is 2.45. The molecule has 3 atom stereocenters. The molecule has 1 saturated carbocycles. The van der Waals surface area contributed by atoms with E-state index in [0.29, 0.717) is 0 Å². The summed E-state index contributed by atoms with van der Waals surface area (Å²) in [5.41, 5.74) is 0. The zero-order valence-corrected chi connectivity index (χ0v) is 10.8. The summed E-state index contributed by atoms with van der Waals surface area (Å²) >= 11 is 0. The van der Waals surface area contributed by atoms with Crippen LogP contribution in [0.15, 0.2) is 0 Å². The van der Waals surface area contributed by atoms with E-state index >= 15 is 0 Å². The van der Waals surface area contributed by atoms with Gasteiger partial charge in [-0.05, 0) is 38.1 Å². The van der Waals surface area contributed by atoms with Crippen LogP contribution in [0.25, 0.3) is 0 Å². The summed E-state index contributed by atoms with van der Waals surface area (Å²) in [6.45, 7) is 7.58. The topological polar surface area (TPSA) is 12.0 Å². The molecule has 2 fully saturated rings. The van der Waals surface area contributed by atoms with Gasteiger partial charge in [-0.1, -0.05) is 13.8 Å². The first-order valence-corrected chi connectivity index (χ1v) is 4.59. The van der Waals surface area contributed by atoms with Gasteiger partial charge in [0, 0.05) is 38.8 Å². The van der Waals surface area contributed by atoms with Crippen LogP contribution in [0.1, 0.15) is 33.6 Å². The second-order valence-electron chi connectivity index (χ2n) is 3.30. The van der Waals surface area contributed by atoms with Crippen LogP contribution >= 0.6 is 0 Å². The Bertz CT molecular complexity index is 106. The van der Waals surface area contributed by atoms with Crippen LogP contribution in [0.2, 0.25) is 0 Å². The van der Waals surface area contributed by atoms with Crippen molar-refractivity contribution in [2.45, 2.75) is 39.7 Å². The SMILES string of the molecule is CC.CC1CC2CC2CN1.[Y]. The van der Waals surface area contributed by atoms with Gasteiger partial charge in [0.2, 0.25) is 0 Å². The summed E-state index contributed by atoms with van der Waals surface area (Å²) in [6, 6.07) is 0.804. The quantitative estimate of drug-likeness (QED) is 0.671. The van der Waals surface area contributed by atoms with E-state index < -0.39 is 0 Å². The van der Waals surface area contributed by atoms with Crippen molar-refractivity contribution in [1.82, 2.24) is 5.32 Å². The van der Waals surface area contributed by atoms with Crippen molar-refractivity contribution >= 4 is 0 Å². The summed E-state index contributed by atoms with van der Waals surface area (Å²) in [6.07, 6.45) is 2.95. The fraction of sp³-hybridized carbons (Fsp3) is 1.00. The average Bonchev–Trinajstić information content (AvgIpc) is 2.70. The van der Waals surface area contributed by atoms with Gasteiger partial charge in [-0.25, -0.2) is 0 Å². The molecular weight excluding hydrogens is 211 g/mol. The van der Waals surface area contributed by atoms with Crippen LogP contribution in [0.4, 0.5) is 0 Å². The van der Waals surface area contributed by atoms with E-state index in [9.17, 15) is 0 Å². The van der Waals surface area contributed by atoms with Gasteiger partial charge in [0.1, 0.15) is 0 Å². The molecule has 0 aromatic heterocycles. The van der Waals surface area contributed by atoms with Gasteiger partial charge in [-0.3, -0.25) is 0 Å². The number of fused-ring (bicyclic) bond motifs is 1. The molecule has 1 heterocycles. The summed E-state index contributed by atoms with van der Waals surface area (Å²) in [5.74, 6) is 2.19. The van der Waals surface area contributed by atoms with Crippen molar-refractivity contribution in [3.63, 3.8) is 0 Å². The molecule has 3 unspecified atom stereocenters. The van der Waals surface area contributed by atoms with E-state index in [1.54, 1.807) is 0 Å². The van der Waals surface area contributed by atoms with Crippen molar-refractivity contribution in [3.8, 4) is 0 Å². The predicted molar refractivity (Wildman–Crippen MR) is 45.0 cm³/mol. The Morgan fingerprint density at radius 1 is 1.09 bits per heavy atom. The maximum absolute atomic E-state index is 3.47. The number of hydrogen-bond donors (Lipinski definition) is 1. The number of hydrogen-bond acceptors (Lipinski definition) is 1. The molecular formula is C9H19NY. The smallest absolute Gasteiger partial charge is 0.00415 e. The zero-order valence-electron chi connectivity index (χ0n) is 7.93. The molecule has 2 aliphatic rings. The molecule has 1 radical (unpaired) electrons. The molecule has 63 valence electrons. The van der Waals surface area contributed by atoms with E-state index in [-0.39, 0.29) is 32.7 Å². The van der Waals surface area contributed by atoms with Crippen molar-refractivity contribution < 1.29 is 32.7 Å². The molecule has 0 aromatic rings. The average molecular weight is 230 g/mol. The molecule has 1 aliphatic carbocycles. The number of piperidine rings is 1.